The van der Waals surface area contributed by atoms with Gasteiger partial charge >= 0.3 is 0 Å². The van der Waals surface area contributed by atoms with E-state index >= 15 is 0 Å². The van der Waals surface area contributed by atoms with Crippen molar-refractivity contribution >= 4 is 63.4 Å². The average Bonchev–Trinajstić information content (AvgIpc) is 2.72. The van der Waals surface area contributed by atoms with E-state index in [-0.39, 0.29) is 17.2 Å². The van der Waals surface area contributed by atoms with Gasteiger partial charge in [-0.3, -0.25) is 0 Å². The Morgan fingerprint density at radius 3 is 1.97 bits per heavy atom. The molecule has 0 unspecified atom stereocenters. The first-order valence-electron chi connectivity index (χ1n) is 9.57. The lowest BCUT2D eigenvalue weighted by Gasteiger charge is -2.29. The standard InChI is InChI=1S/C24H18Cl4N2O2/c25-20-9-14(7-8-22(20)31-18-5-1-3-16(29)11-18)15-10-21(26)23(24(27,28)13-15)32-19-6-2-4-17(30)12-19/h1-12H,13,29-30H2. The van der Waals surface area contributed by atoms with Gasteiger partial charge in [0.15, 0.2) is 10.1 Å². The predicted octanol–water partition coefficient (Wildman–Crippen LogP) is 7.79. The number of hydrogen-bond donors (Lipinski definition) is 2. The quantitative estimate of drug-likeness (QED) is 0.273. The summed E-state index contributed by atoms with van der Waals surface area (Å²) in [7, 11) is 0. The Bertz CT molecular complexity index is 1240. The number of ether oxygens (including phenoxy) is 2. The van der Waals surface area contributed by atoms with Crippen LogP contribution in [0.3, 0.4) is 0 Å². The lowest BCUT2D eigenvalue weighted by Crippen LogP contribution is -2.25. The second-order valence-corrected chi connectivity index (χ2v) is 9.52. The zero-order chi connectivity index (χ0) is 22.9. The second-order valence-electron chi connectivity index (χ2n) is 7.22. The van der Waals surface area contributed by atoms with Gasteiger partial charge in [0.05, 0.1) is 10.1 Å². The minimum atomic E-state index is -1.38. The van der Waals surface area contributed by atoms with Crippen LogP contribution in [-0.4, -0.2) is 4.33 Å². The molecular formula is C24H18Cl4N2O2. The molecule has 1 aliphatic rings. The van der Waals surface area contributed by atoms with Gasteiger partial charge in [0.1, 0.15) is 17.2 Å². The van der Waals surface area contributed by atoms with Crippen LogP contribution in [0.1, 0.15) is 12.0 Å². The molecule has 4 rings (SSSR count). The molecule has 0 heterocycles. The summed E-state index contributed by atoms with van der Waals surface area (Å²) < 4.78 is 10.3. The topological polar surface area (TPSA) is 70.5 Å². The smallest absolute Gasteiger partial charge is 0.180 e. The normalized spacial score (nSPS) is 15.3. The van der Waals surface area contributed by atoms with Crippen LogP contribution >= 0.6 is 46.4 Å². The van der Waals surface area contributed by atoms with Gasteiger partial charge in [-0.05, 0) is 53.6 Å². The third-order valence-corrected chi connectivity index (χ3v) is 5.92. The zero-order valence-corrected chi connectivity index (χ0v) is 19.6. The molecule has 0 saturated carbocycles. The third-order valence-electron chi connectivity index (χ3n) is 4.73. The molecule has 0 aromatic heterocycles. The van der Waals surface area contributed by atoms with E-state index in [1.165, 1.54) is 0 Å². The highest BCUT2D eigenvalue weighted by atomic mass is 35.5. The van der Waals surface area contributed by atoms with Crippen molar-refractivity contribution in [1.82, 2.24) is 0 Å². The number of allylic oxidation sites excluding steroid dienone is 4. The Hall–Kier alpha value is -2.50. The number of hydrogen-bond acceptors (Lipinski definition) is 4. The van der Waals surface area contributed by atoms with Gasteiger partial charge in [0.25, 0.3) is 0 Å². The van der Waals surface area contributed by atoms with Crippen molar-refractivity contribution in [3.63, 3.8) is 0 Å². The van der Waals surface area contributed by atoms with E-state index in [9.17, 15) is 0 Å². The maximum absolute atomic E-state index is 6.62. The van der Waals surface area contributed by atoms with Crippen LogP contribution in [0.2, 0.25) is 5.02 Å². The lowest BCUT2D eigenvalue weighted by atomic mass is 9.95. The van der Waals surface area contributed by atoms with Crippen molar-refractivity contribution < 1.29 is 9.47 Å². The van der Waals surface area contributed by atoms with Crippen LogP contribution < -0.4 is 20.9 Å². The van der Waals surface area contributed by atoms with Crippen molar-refractivity contribution in [3.05, 3.63) is 94.2 Å². The molecule has 0 fully saturated rings. The van der Waals surface area contributed by atoms with E-state index in [1.807, 2.05) is 6.07 Å². The molecule has 1 aliphatic carbocycles. The fourth-order valence-corrected chi connectivity index (χ4v) is 4.47. The summed E-state index contributed by atoms with van der Waals surface area (Å²) in [5.74, 6) is 1.82. The average molecular weight is 508 g/mol. The molecule has 0 aliphatic heterocycles. The molecule has 4 nitrogen and oxygen atoms in total. The largest absolute Gasteiger partial charge is 0.457 e. The van der Waals surface area contributed by atoms with Gasteiger partial charge in [-0.1, -0.05) is 64.6 Å². The molecule has 4 N–H and O–H groups in total. The molecule has 0 radical (unpaired) electrons. The number of nitrogens with two attached hydrogens (primary N) is 2. The number of rotatable bonds is 5. The van der Waals surface area contributed by atoms with Crippen molar-refractivity contribution in [1.29, 1.82) is 0 Å². The summed E-state index contributed by atoms with van der Waals surface area (Å²) in [4.78, 5) is 0. The highest BCUT2D eigenvalue weighted by molar-refractivity contribution is 6.52. The number of halogens is 4. The van der Waals surface area contributed by atoms with E-state index in [0.29, 0.717) is 33.6 Å². The molecule has 0 saturated heterocycles. The Morgan fingerprint density at radius 1 is 0.781 bits per heavy atom. The molecule has 0 bridgehead atoms. The van der Waals surface area contributed by atoms with E-state index in [4.69, 9.17) is 67.3 Å². The van der Waals surface area contributed by atoms with Crippen LogP contribution in [0.15, 0.2) is 83.6 Å². The molecule has 8 heteroatoms. The summed E-state index contributed by atoms with van der Waals surface area (Å²) in [6, 6.07) is 19.4. The Kier molecular flexibility index (Phi) is 6.50. The fourth-order valence-electron chi connectivity index (χ4n) is 3.26. The molecule has 0 amide bonds. The molecule has 32 heavy (non-hydrogen) atoms. The Labute approximate surface area is 205 Å². The highest BCUT2D eigenvalue weighted by Gasteiger charge is 2.38. The SMILES string of the molecule is Nc1cccc(OC2=C(Cl)C=C(c3ccc(Oc4cccc(N)c4)c(Cl)c3)CC2(Cl)Cl)c1. The number of nitrogen functional groups attached to an aromatic ring is 2. The lowest BCUT2D eigenvalue weighted by molar-refractivity contribution is 0.393. The van der Waals surface area contributed by atoms with Gasteiger partial charge < -0.3 is 20.9 Å². The highest BCUT2D eigenvalue weighted by Crippen LogP contribution is 2.47. The van der Waals surface area contributed by atoms with Crippen LogP contribution in [0.4, 0.5) is 11.4 Å². The molecule has 0 spiro atoms. The van der Waals surface area contributed by atoms with Crippen molar-refractivity contribution in [3.8, 4) is 17.2 Å². The van der Waals surface area contributed by atoms with Crippen molar-refractivity contribution in [2.45, 2.75) is 10.8 Å². The molecule has 3 aromatic rings. The van der Waals surface area contributed by atoms with Crippen LogP contribution in [0.25, 0.3) is 5.57 Å². The van der Waals surface area contributed by atoms with Gasteiger partial charge in [0, 0.05) is 29.9 Å². The number of benzene rings is 3. The summed E-state index contributed by atoms with van der Waals surface area (Å²) in [5.41, 5.74) is 14.4. The van der Waals surface area contributed by atoms with Gasteiger partial charge in [0.2, 0.25) is 0 Å². The zero-order valence-electron chi connectivity index (χ0n) is 16.6. The number of alkyl halides is 2. The van der Waals surface area contributed by atoms with Gasteiger partial charge in [-0.25, -0.2) is 0 Å². The maximum Gasteiger partial charge on any atom is 0.180 e. The van der Waals surface area contributed by atoms with Crippen LogP contribution in [0, 0.1) is 0 Å². The molecular weight excluding hydrogens is 490 g/mol. The summed E-state index contributed by atoms with van der Waals surface area (Å²) >= 11 is 26.2. The summed E-state index contributed by atoms with van der Waals surface area (Å²) in [6.45, 7) is 0. The van der Waals surface area contributed by atoms with Crippen LogP contribution in [0.5, 0.6) is 17.2 Å². The minimum absolute atomic E-state index is 0.240. The summed E-state index contributed by atoms with van der Waals surface area (Å²) in [6.07, 6.45) is 2.02. The first-order valence-corrected chi connectivity index (χ1v) is 11.1. The Balaban J connectivity index is 1.61. The van der Waals surface area contributed by atoms with E-state index < -0.39 is 4.33 Å². The van der Waals surface area contributed by atoms with Crippen molar-refractivity contribution in [2.75, 3.05) is 11.5 Å². The first kappa shape index (κ1) is 22.7. The Morgan fingerprint density at radius 2 is 1.41 bits per heavy atom. The molecule has 164 valence electrons. The molecule has 3 aromatic carbocycles. The maximum atomic E-state index is 6.62. The number of anilines is 2. The van der Waals surface area contributed by atoms with Crippen molar-refractivity contribution in [2.24, 2.45) is 0 Å². The molecule has 0 atom stereocenters. The van der Waals surface area contributed by atoms with E-state index in [2.05, 4.69) is 0 Å². The first-order chi connectivity index (χ1) is 15.2. The third kappa shape index (κ3) is 5.11. The monoisotopic (exact) mass is 506 g/mol. The minimum Gasteiger partial charge on any atom is -0.457 e. The van der Waals surface area contributed by atoms with E-state index in [0.717, 1.165) is 11.1 Å². The summed E-state index contributed by atoms with van der Waals surface area (Å²) in [5, 5.41) is 0.706. The second kappa shape index (κ2) is 9.16. The fraction of sp³-hybridized carbons (Fsp3) is 0.0833. The predicted molar refractivity (Wildman–Crippen MR) is 134 cm³/mol. The van der Waals surface area contributed by atoms with E-state index in [1.54, 1.807) is 66.7 Å². The van der Waals surface area contributed by atoms with Crippen LogP contribution in [-0.2, 0) is 0 Å². The van der Waals surface area contributed by atoms with Gasteiger partial charge in [-0.15, -0.1) is 0 Å². The van der Waals surface area contributed by atoms with Gasteiger partial charge in [-0.2, -0.15) is 0 Å².